The maximum Gasteiger partial charge on any atom is 0.472 e. The first-order valence-electron chi connectivity index (χ1n) is 39.5. The topological polar surface area (TPSA) is 237 Å². The van der Waals surface area contributed by atoms with Gasteiger partial charge in [0.05, 0.1) is 26.4 Å². The number of ether oxygens (including phenoxy) is 4. The molecule has 0 saturated carbocycles. The Morgan fingerprint density at radius 3 is 0.800 bits per heavy atom. The van der Waals surface area contributed by atoms with Crippen LogP contribution in [-0.4, -0.2) is 96.7 Å². The molecule has 0 radical (unpaired) electrons. The van der Waals surface area contributed by atoms with Gasteiger partial charge in [0.1, 0.15) is 19.3 Å². The summed E-state index contributed by atoms with van der Waals surface area (Å²) in [5.74, 6) is -0.487. The molecule has 0 heterocycles. The van der Waals surface area contributed by atoms with Gasteiger partial charge in [-0.05, 0) is 37.5 Å². The number of hydrogen-bond acceptors (Lipinski definition) is 15. The van der Waals surface area contributed by atoms with E-state index >= 15 is 0 Å². The van der Waals surface area contributed by atoms with E-state index in [9.17, 15) is 43.2 Å². The molecule has 0 spiro atoms. The van der Waals surface area contributed by atoms with Crippen molar-refractivity contribution in [3.05, 3.63) is 0 Å². The molecule has 0 aromatic carbocycles. The average molecular weight is 1400 g/mol. The van der Waals surface area contributed by atoms with E-state index in [4.69, 9.17) is 37.0 Å². The van der Waals surface area contributed by atoms with Crippen LogP contribution in [0.15, 0.2) is 0 Å². The highest BCUT2D eigenvalue weighted by Gasteiger charge is 2.30. The number of carbonyl (C=O) groups excluding carboxylic acids is 4. The maximum atomic E-state index is 13.1. The summed E-state index contributed by atoms with van der Waals surface area (Å²) < 4.78 is 68.4. The fourth-order valence-electron chi connectivity index (χ4n) is 11.6. The summed E-state index contributed by atoms with van der Waals surface area (Å²) in [5.41, 5.74) is 0. The molecule has 3 unspecified atom stereocenters. The van der Waals surface area contributed by atoms with Crippen molar-refractivity contribution in [1.82, 2.24) is 0 Å². The Hall–Kier alpha value is -1.94. The molecule has 0 fully saturated rings. The lowest BCUT2D eigenvalue weighted by molar-refractivity contribution is -0.161. The molecule has 6 atom stereocenters. The molecule has 0 rings (SSSR count). The molecule has 3 N–H and O–H groups in total. The van der Waals surface area contributed by atoms with Crippen molar-refractivity contribution in [2.24, 2.45) is 11.8 Å². The van der Waals surface area contributed by atoms with E-state index in [2.05, 4.69) is 41.5 Å². The van der Waals surface area contributed by atoms with Crippen molar-refractivity contribution in [2.75, 3.05) is 39.6 Å². The highest BCUT2D eigenvalue weighted by atomic mass is 31.2. The van der Waals surface area contributed by atoms with Crippen molar-refractivity contribution in [3.8, 4) is 0 Å². The van der Waals surface area contributed by atoms with Gasteiger partial charge in [-0.2, -0.15) is 0 Å². The molecule has 95 heavy (non-hydrogen) atoms. The van der Waals surface area contributed by atoms with Crippen molar-refractivity contribution in [3.63, 3.8) is 0 Å². The van der Waals surface area contributed by atoms with E-state index in [1.165, 1.54) is 212 Å². The molecular formula is C76H148O17P2. The minimum Gasteiger partial charge on any atom is -0.462 e. The van der Waals surface area contributed by atoms with E-state index in [1.54, 1.807) is 0 Å². The van der Waals surface area contributed by atoms with E-state index < -0.39 is 97.5 Å². The lowest BCUT2D eigenvalue weighted by Crippen LogP contribution is -2.30. The van der Waals surface area contributed by atoms with Crippen LogP contribution in [0.5, 0.6) is 0 Å². The summed E-state index contributed by atoms with van der Waals surface area (Å²) in [4.78, 5) is 72.7. The lowest BCUT2D eigenvalue weighted by Gasteiger charge is -2.21. The zero-order valence-electron chi connectivity index (χ0n) is 62.0. The smallest absolute Gasteiger partial charge is 0.462 e. The van der Waals surface area contributed by atoms with Crippen LogP contribution in [0.2, 0.25) is 0 Å². The number of aliphatic hydroxyl groups is 1. The van der Waals surface area contributed by atoms with Crippen LogP contribution >= 0.6 is 15.6 Å². The van der Waals surface area contributed by atoms with Gasteiger partial charge in [0.25, 0.3) is 0 Å². The van der Waals surface area contributed by atoms with E-state index in [1.807, 2.05) is 0 Å². The largest absolute Gasteiger partial charge is 0.472 e. The van der Waals surface area contributed by atoms with Crippen molar-refractivity contribution < 1.29 is 80.2 Å². The van der Waals surface area contributed by atoms with Crippen LogP contribution in [0.4, 0.5) is 0 Å². The molecule has 0 aromatic rings. The lowest BCUT2D eigenvalue weighted by atomic mass is 9.99. The summed E-state index contributed by atoms with van der Waals surface area (Å²) >= 11 is 0. The molecule has 0 aliphatic heterocycles. The molecule has 0 bridgehead atoms. The Morgan fingerprint density at radius 2 is 0.537 bits per heavy atom. The van der Waals surface area contributed by atoms with Gasteiger partial charge in [-0.15, -0.1) is 0 Å². The van der Waals surface area contributed by atoms with Crippen molar-refractivity contribution in [2.45, 2.75) is 413 Å². The third-order valence-corrected chi connectivity index (χ3v) is 20.0. The Bertz CT molecular complexity index is 1840. The molecule has 17 nitrogen and oxygen atoms in total. The summed E-state index contributed by atoms with van der Waals surface area (Å²) in [7, 11) is -9.91. The molecule has 564 valence electrons. The van der Waals surface area contributed by atoms with E-state index in [0.717, 1.165) is 102 Å². The summed E-state index contributed by atoms with van der Waals surface area (Å²) in [6, 6.07) is 0. The fourth-order valence-corrected chi connectivity index (χ4v) is 13.2. The molecule has 0 aliphatic carbocycles. The van der Waals surface area contributed by atoms with Gasteiger partial charge in [-0.1, -0.05) is 343 Å². The van der Waals surface area contributed by atoms with Crippen LogP contribution in [0.1, 0.15) is 395 Å². The Kier molecular flexibility index (Phi) is 66.5. The van der Waals surface area contributed by atoms with Crippen LogP contribution in [0.25, 0.3) is 0 Å². The predicted octanol–water partition coefficient (Wildman–Crippen LogP) is 22.3. The van der Waals surface area contributed by atoms with Crippen molar-refractivity contribution in [1.29, 1.82) is 0 Å². The standard InChI is InChI=1S/C76H148O17P2/c1-7-10-12-14-16-18-27-36-42-48-54-60-75(80)92-71(64-86-73(78)58-52-46-40-32-17-15-13-11-8-2)66-90-94(82,83)88-62-70(77)63-89-95(84,85)91-67-72(65-87-74(79)59-53-47-41-35-31-30-34-39-45-51-57-69(6)9-3)93-76(81)61-55-49-43-37-29-26-24-22-20-19-21-23-25-28-33-38-44-50-56-68(4)5/h68-72,77H,7-67H2,1-6H3,(H,82,83)(H,84,85)/t69?,70-,71+,72+/m0/s1. The predicted molar refractivity (Wildman–Crippen MR) is 386 cm³/mol. The second kappa shape index (κ2) is 67.9. The molecular weight excluding hydrogens is 1250 g/mol. The first kappa shape index (κ1) is 93.1. The summed E-state index contributed by atoms with van der Waals surface area (Å²) in [6.07, 6.45) is 55.4. The third-order valence-electron chi connectivity index (χ3n) is 18.1. The molecule has 0 saturated heterocycles. The van der Waals surface area contributed by atoms with Crippen LogP contribution in [0.3, 0.4) is 0 Å². The number of aliphatic hydroxyl groups excluding tert-OH is 1. The maximum absolute atomic E-state index is 13.1. The number of carbonyl (C=O) groups is 4. The average Bonchev–Trinajstić information content (AvgIpc) is 2.15. The highest BCUT2D eigenvalue weighted by molar-refractivity contribution is 7.47. The first-order valence-corrected chi connectivity index (χ1v) is 42.5. The Balaban J connectivity index is 5.19. The summed E-state index contributed by atoms with van der Waals surface area (Å²) in [5, 5.41) is 10.6. The van der Waals surface area contributed by atoms with Crippen LogP contribution < -0.4 is 0 Å². The zero-order chi connectivity index (χ0) is 70.0. The summed E-state index contributed by atoms with van der Waals surface area (Å²) in [6.45, 7) is 9.64. The number of phosphoric ester groups is 2. The van der Waals surface area contributed by atoms with E-state index in [-0.39, 0.29) is 25.7 Å². The second-order valence-electron chi connectivity index (χ2n) is 28.1. The van der Waals surface area contributed by atoms with E-state index in [0.29, 0.717) is 25.7 Å². The minimum atomic E-state index is -4.96. The van der Waals surface area contributed by atoms with Gasteiger partial charge in [0.2, 0.25) is 0 Å². The van der Waals surface area contributed by atoms with Gasteiger partial charge in [-0.25, -0.2) is 9.13 Å². The Labute approximate surface area is 581 Å². The fraction of sp³-hybridized carbons (Fsp3) is 0.947. The monoisotopic (exact) mass is 1400 g/mol. The van der Waals surface area contributed by atoms with Gasteiger partial charge < -0.3 is 33.8 Å². The molecule has 0 aromatic heterocycles. The third kappa shape index (κ3) is 69.0. The number of esters is 4. The van der Waals surface area contributed by atoms with Gasteiger partial charge in [0, 0.05) is 25.7 Å². The number of hydrogen-bond donors (Lipinski definition) is 3. The van der Waals surface area contributed by atoms with Gasteiger partial charge >= 0.3 is 39.5 Å². The highest BCUT2D eigenvalue weighted by Crippen LogP contribution is 2.45. The second-order valence-corrected chi connectivity index (χ2v) is 31.0. The molecule has 0 aliphatic rings. The van der Waals surface area contributed by atoms with Crippen molar-refractivity contribution >= 4 is 39.5 Å². The first-order chi connectivity index (χ1) is 45.9. The van der Waals surface area contributed by atoms with Gasteiger partial charge in [0.15, 0.2) is 12.2 Å². The normalized spacial score (nSPS) is 14.3. The van der Waals surface area contributed by atoms with Crippen LogP contribution in [-0.2, 0) is 65.4 Å². The molecule has 0 amide bonds. The minimum absolute atomic E-state index is 0.107. The number of unbranched alkanes of at least 4 members (excludes halogenated alkanes) is 44. The Morgan fingerprint density at radius 1 is 0.305 bits per heavy atom. The zero-order valence-corrected chi connectivity index (χ0v) is 63.8. The van der Waals surface area contributed by atoms with Gasteiger partial charge in [-0.3, -0.25) is 37.3 Å². The SMILES string of the molecule is CCCCCCCCCCCCCC(=O)O[C@H](COC(=O)CCCCCCCCCCC)COP(=O)(O)OC[C@H](O)COP(=O)(O)OC[C@@H](COC(=O)CCCCCCCCCCCCC(C)CC)OC(=O)CCCCCCCCCCCCCCCCCCCCC(C)C. The number of rotatable bonds is 75. The molecule has 19 heteroatoms. The number of phosphoric acid groups is 2. The quantitative estimate of drug-likeness (QED) is 0.0222. The van der Waals surface area contributed by atoms with Crippen LogP contribution in [0, 0.1) is 11.8 Å².